The second-order valence-corrected chi connectivity index (χ2v) is 17.0. The van der Waals surface area contributed by atoms with Crippen molar-refractivity contribution in [1.29, 1.82) is 0 Å². The average Bonchev–Trinajstić information content (AvgIpc) is 3.65. The van der Waals surface area contributed by atoms with Crippen molar-refractivity contribution in [2.45, 2.75) is 136 Å². The fourth-order valence-corrected chi connectivity index (χ4v) is 8.28. The number of allylic oxidation sites excluding steroid dienone is 4. The van der Waals surface area contributed by atoms with Gasteiger partial charge in [-0.15, -0.1) is 46.2 Å². The summed E-state index contributed by atoms with van der Waals surface area (Å²) in [4.78, 5) is 0. The second-order valence-electron chi connectivity index (χ2n) is 15.3. The summed E-state index contributed by atoms with van der Waals surface area (Å²) in [6.45, 7) is 13.6. The normalized spacial score (nSPS) is 17.3. The predicted molar refractivity (Wildman–Crippen MR) is 183 cm³/mol. The van der Waals surface area contributed by atoms with E-state index in [0.717, 1.165) is 18.3 Å². The van der Waals surface area contributed by atoms with Gasteiger partial charge in [-0.25, -0.2) is 12.2 Å². The van der Waals surface area contributed by atoms with Gasteiger partial charge in [0, 0.05) is 0 Å². The molecule has 0 N–H and O–H groups in total. The van der Waals surface area contributed by atoms with Gasteiger partial charge in [-0.3, -0.25) is 6.08 Å². The maximum absolute atomic E-state index is 2.99. The third-order valence-corrected chi connectivity index (χ3v) is 10.5. The van der Waals surface area contributed by atoms with Crippen molar-refractivity contribution in [3.8, 4) is 0 Å². The van der Waals surface area contributed by atoms with Crippen LogP contribution in [0.5, 0.6) is 0 Å². The van der Waals surface area contributed by atoms with Gasteiger partial charge in [0.2, 0.25) is 0 Å². The van der Waals surface area contributed by atoms with Gasteiger partial charge in [-0.2, -0.15) is 6.08 Å². The summed E-state index contributed by atoms with van der Waals surface area (Å²) in [6.07, 6.45) is 28.2. The number of rotatable bonds is 4. The van der Waals surface area contributed by atoms with Crippen LogP contribution in [0.4, 0.5) is 0 Å². The van der Waals surface area contributed by atoms with Crippen LogP contribution in [0.2, 0.25) is 0 Å². The molecule has 0 heterocycles. The molecule has 0 aromatic heterocycles. The van der Waals surface area contributed by atoms with Crippen LogP contribution >= 0.6 is 0 Å². The number of hydrogen-bond donors (Lipinski definition) is 0. The van der Waals surface area contributed by atoms with Crippen molar-refractivity contribution in [3.63, 3.8) is 0 Å². The number of hydrogen-bond acceptors (Lipinski definition) is 0. The van der Waals surface area contributed by atoms with Crippen molar-refractivity contribution in [2.75, 3.05) is 0 Å². The van der Waals surface area contributed by atoms with Crippen molar-refractivity contribution in [1.82, 2.24) is 0 Å². The van der Waals surface area contributed by atoms with E-state index in [1.54, 1.807) is 24.2 Å². The molecule has 0 bridgehead atoms. The SMILES string of the molecule is CC(C)(C)c1ccc2c(c1)[cH-]c1cc(C(C)(C)C)ccc12.[C-]1=CC=CC1.[Cl-].[Cl-].[Zr+2]=[C](CC1CCCCC1)CC1CCCCC1. The van der Waals surface area contributed by atoms with Gasteiger partial charge < -0.3 is 24.8 Å². The number of fused-ring (bicyclic) bond motifs is 3. The molecule has 3 aromatic rings. The monoisotopic (exact) mass is 708 g/mol. The minimum absolute atomic E-state index is 0. The van der Waals surface area contributed by atoms with Crippen LogP contribution in [0.3, 0.4) is 0 Å². The zero-order valence-electron chi connectivity index (χ0n) is 28.4. The van der Waals surface area contributed by atoms with E-state index in [2.05, 4.69) is 96.2 Å². The zero-order valence-corrected chi connectivity index (χ0v) is 32.3. The van der Waals surface area contributed by atoms with Gasteiger partial charge in [0.1, 0.15) is 0 Å². The Hall–Kier alpha value is -0.877. The standard InChI is InChI=1S/C21H25.C15H26.C5H5.2ClH.Zr/c1-20(2,3)16-7-9-18-14(12-16)11-15-13-17(21(4,5)6)8-10-19(15)18;1-3-8-14(9-4-1)12-7-13-15-10-5-2-6-11-15;1-2-4-5-3-1;;;/h7-13H,1-6H3;14-15H,1-6,8-13H2;1-3H,4H2;2*1H;/q-1;;-1;;;+2/p-2. The molecule has 0 amide bonds. The van der Waals surface area contributed by atoms with E-state index in [1.165, 1.54) is 110 Å². The molecule has 0 saturated heterocycles. The van der Waals surface area contributed by atoms with Crippen LogP contribution in [0.15, 0.2) is 60.7 Å². The van der Waals surface area contributed by atoms with Gasteiger partial charge in [-0.1, -0.05) is 76.9 Å². The first-order chi connectivity index (χ1) is 20.0. The van der Waals surface area contributed by atoms with E-state index >= 15 is 0 Å². The molecule has 6 rings (SSSR count). The third kappa shape index (κ3) is 12.0. The molecule has 2 fully saturated rings. The summed E-state index contributed by atoms with van der Waals surface area (Å²) < 4.78 is 1.91. The molecule has 2 saturated carbocycles. The molecule has 0 atom stereocenters. The van der Waals surface area contributed by atoms with Crippen molar-refractivity contribution in [2.24, 2.45) is 11.8 Å². The first kappa shape index (κ1) is 39.3. The molecule has 3 aromatic carbocycles. The van der Waals surface area contributed by atoms with Crippen LogP contribution in [-0.4, -0.2) is 3.21 Å². The van der Waals surface area contributed by atoms with Gasteiger partial charge in [0.05, 0.1) is 0 Å². The van der Waals surface area contributed by atoms with Crippen LogP contribution in [0, 0.1) is 17.9 Å². The molecule has 3 aliphatic carbocycles. The number of benzene rings is 2. The van der Waals surface area contributed by atoms with E-state index in [9.17, 15) is 0 Å². The van der Waals surface area contributed by atoms with Crippen molar-refractivity contribution in [3.05, 3.63) is 77.9 Å². The molecular formula is C41H56Cl2Zr-2. The summed E-state index contributed by atoms with van der Waals surface area (Å²) in [5, 5.41) is 5.48. The maximum atomic E-state index is 2.99. The topological polar surface area (TPSA) is 0 Å². The predicted octanol–water partition coefficient (Wildman–Crippen LogP) is 6.27. The van der Waals surface area contributed by atoms with E-state index in [4.69, 9.17) is 0 Å². The molecule has 44 heavy (non-hydrogen) atoms. The first-order valence-corrected chi connectivity index (χ1v) is 18.2. The average molecular weight is 711 g/mol. The Labute approximate surface area is 297 Å². The Morgan fingerprint density at radius 1 is 0.705 bits per heavy atom. The Kier molecular flexibility index (Phi) is 16.5. The van der Waals surface area contributed by atoms with E-state index < -0.39 is 0 Å². The van der Waals surface area contributed by atoms with E-state index in [0.29, 0.717) is 0 Å². The molecular weight excluding hydrogens is 655 g/mol. The first-order valence-electron chi connectivity index (χ1n) is 16.9. The fourth-order valence-electron chi connectivity index (χ4n) is 6.86. The molecule has 3 aliphatic rings. The van der Waals surface area contributed by atoms with Crippen LogP contribution in [-0.2, 0) is 35.1 Å². The Bertz CT molecular complexity index is 1250. The Morgan fingerprint density at radius 3 is 1.45 bits per heavy atom. The molecule has 240 valence electrons. The van der Waals surface area contributed by atoms with Crippen molar-refractivity contribution < 1.29 is 49.0 Å². The van der Waals surface area contributed by atoms with Crippen LogP contribution < -0.4 is 24.8 Å². The molecule has 0 spiro atoms. The van der Waals surface area contributed by atoms with Crippen LogP contribution in [0.25, 0.3) is 21.5 Å². The summed E-state index contributed by atoms with van der Waals surface area (Å²) in [6, 6.07) is 16.2. The zero-order chi connectivity index (χ0) is 30.2. The van der Waals surface area contributed by atoms with Gasteiger partial charge >= 0.3 is 116 Å². The molecule has 0 nitrogen and oxygen atoms in total. The van der Waals surface area contributed by atoms with E-state index in [1.807, 2.05) is 15.4 Å². The summed E-state index contributed by atoms with van der Waals surface area (Å²) in [7, 11) is 0. The Balaban J connectivity index is 0.000000260. The second kappa shape index (κ2) is 18.5. The molecule has 0 radical (unpaired) electrons. The molecule has 0 aliphatic heterocycles. The minimum atomic E-state index is 0. The molecule has 3 heteroatoms. The van der Waals surface area contributed by atoms with Crippen LogP contribution in [0.1, 0.15) is 136 Å². The van der Waals surface area contributed by atoms with Gasteiger partial charge in [0.25, 0.3) is 0 Å². The fraction of sp³-hybridized carbons (Fsp3) is 0.561. The quantitative estimate of drug-likeness (QED) is 0.281. The van der Waals surface area contributed by atoms with Gasteiger partial charge in [0.15, 0.2) is 0 Å². The number of halogens is 2. The summed E-state index contributed by atoms with van der Waals surface area (Å²) in [5.74, 6) is 2.15. The third-order valence-electron chi connectivity index (χ3n) is 9.54. The Morgan fingerprint density at radius 2 is 1.14 bits per heavy atom. The summed E-state index contributed by atoms with van der Waals surface area (Å²) in [5.41, 5.74) is 3.21. The summed E-state index contributed by atoms with van der Waals surface area (Å²) >= 11 is 1.75. The molecule has 0 unspecified atom stereocenters. The van der Waals surface area contributed by atoms with Gasteiger partial charge in [-0.05, 0) is 10.8 Å². The van der Waals surface area contributed by atoms with E-state index in [-0.39, 0.29) is 35.6 Å². The van der Waals surface area contributed by atoms with Crippen molar-refractivity contribution >= 4 is 24.8 Å².